The quantitative estimate of drug-likeness (QED) is 0.185. The van der Waals surface area contributed by atoms with Gasteiger partial charge in [0.25, 0.3) is 5.69 Å². The number of nitrogens with one attached hydrogen (secondary N) is 1. The molecular weight excluding hydrogens is 446 g/mol. The first-order chi connectivity index (χ1) is 17.1. The molecule has 0 saturated heterocycles. The van der Waals surface area contributed by atoms with E-state index in [1.807, 2.05) is 48.5 Å². The number of furan rings is 1. The van der Waals surface area contributed by atoms with E-state index in [1.165, 1.54) is 18.3 Å². The second-order valence-electron chi connectivity index (χ2n) is 7.76. The fourth-order valence-corrected chi connectivity index (χ4v) is 3.71. The standard InChI is InChI=1S/C27H19N3O5/c31-27(26-15-23-22-7-3-1-5-19(22)11-14-25(23)35-26)29-28-16-20-6-2-4-8-24(20)34-17-18-9-12-21(13-10-18)30(32)33/h1-16H,17H2,(H,29,31). The maximum absolute atomic E-state index is 12.6. The lowest BCUT2D eigenvalue weighted by Gasteiger charge is -2.09. The number of carbonyl (C=O) groups excluding carboxylic acids is 1. The van der Waals surface area contributed by atoms with Crippen LogP contribution in [0.5, 0.6) is 5.75 Å². The number of hydrazone groups is 1. The molecule has 0 bridgehead atoms. The molecule has 0 aliphatic rings. The van der Waals surface area contributed by atoms with Gasteiger partial charge in [0.2, 0.25) is 0 Å². The highest BCUT2D eigenvalue weighted by Crippen LogP contribution is 2.28. The monoisotopic (exact) mass is 465 g/mol. The van der Waals surface area contributed by atoms with Crippen LogP contribution < -0.4 is 10.2 Å². The summed E-state index contributed by atoms with van der Waals surface area (Å²) in [5.41, 5.74) is 4.59. The van der Waals surface area contributed by atoms with Crippen LogP contribution in [-0.4, -0.2) is 17.0 Å². The van der Waals surface area contributed by atoms with Crippen LogP contribution in [0.3, 0.4) is 0 Å². The van der Waals surface area contributed by atoms with Crippen molar-refractivity contribution in [1.82, 2.24) is 5.43 Å². The molecule has 1 aromatic heterocycles. The molecule has 5 rings (SSSR count). The Morgan fingerprint density at radius 1 is 0.971 bits per heavy atom. The molecule has 1 amide bonds. The van der Waals surface area contributed by atoms with E-state index in [4.69, 9.17) is 9.15 Å². The molecule has 0 spiro atoms. The molecule has 0 aliphatic carbocycles. The lowest BCUT2D eigenvalue weighted by molar-refractivity contribution is -0.384. The Balaban J connectivity index is 1.27. The van der Waals surface area contributed by atoms with Gasteiger partial charge < -0.3 is 9.15 Å². The van der Waals surface area contributed by atoms with E-state index in [1.54, 1.807) is 30.3 Å². The summed E-state index contributed by atoms with van der Waals surface area (Å²) in [6.07, 6.45) is 1.49. The van der Waals surface area contributed by atoms with E-state index in [9.17, 15) is 14.9 Å². The number of non-ortho nitro benzene ring substituents is 1. The molecule has 4 aromatic carbocycles. The first-order valence-electron chi connectivity index (χ1n) is 10.8. The Morgan fingerprint density at radius 3 is 2.57 bits per heavy atom. The predicted molar refractivity (Wildman–Crippen MR) is 133 cm³/mol. The molecule has 8 heteroatoms. The fourth-order valence-electron chi connectivity index (χ4n) is 3.71. The van der Waals surface area contributed by atoms with Crippen molar-refractivity contribution in [2.24, 2.45) is 5.10 Å². The zero-order chi connectivity index (χ0) is 24.2. The minimum absolute atomic E-state index is 0.0228. The van der Waals surface area contributed by atoms with Gasteiger partial charge in [0, 0.05) is 23.1 Å². The van der Waals surface area contributed by atoms with Gasteiger partial charge in [-0.3, -0.25) is 14.9 Å². The largest absolute Gasteiger partial charge is 0.488 e. The van der Waals surface area contributed by atoms with Gasteiger partial charge >= 0.3 is 5.91 Å². The van der Waals surface area contributed by atoms with Gasteiger partial charge in [0.15, 0.2) is 5.76 Å². The molecular formula is C27H19N3O5. The second-order valence-corrected chi connectivity index (χ2v) is 7.76. The summed E-state index contributed by atoms with van der Waals surface area (Å²) in [5, 5.41) is 17.8. The minimum atomic E-state index is -0.467. The molecule has 1 N–H and O–H groups in total. The zero-order valence-electron chi connectivity index (χ0n) is 18.4. The molecule has 0 radical (unpaired) electrons. The number of nitro benzene ring substituents is 1. The van der Waals surface area contributed by atoms with E-state index in [0.29, 0.717) is 16.9 Å². The van der Waals surface area contributed by atoms with E-state index in [-0.39, 0.29) is 18.1 Å². The number of rotatable bonds is 7. The molecule has 8 nitrogen and oxygen atoms in total. The van der Waals surface area contributed by atoms with Crippen molar-refractivity contribution in [3.63, 3.8) is 0 Å². The fraction of sp³-hybridized carbons (Fsp3) is 0.0370. The number of nitrogens with zero attached hydrogens (tertiary/aromatic N) is 2. The summed E-state index contributed by atoms with van der Waals surface area (Å²) in [7, 11) is 0. The van der Waals surface area contributed by atoms with Crippen LogP contribution in [0.15, 0.2) is 101 Å². The summed E-state index contributed by atoms with van der Waals surface area (Å²) in [4.78, 5) is 23.0. The van der Waals surface area contributed by atoms with Gasteiger partial charge in [-0.15, -0.1) is 0 Å². The third-order valence-corrected chi connectivity index (χ3v) is 5.48. The first kappa shape index (κ1) is 21.8. The van der Waals surface area contributed by atoms with E-state index in [2.05, 4.69) is 10.5 Å². The van der Waals surface area contributed by atoms with E-state index >= 15 is 0 Å². The van der Waals surface area contributed by atoms with Gasteiger partial charge in [0.1, 0.15) is 17.9 Å². The molecule has 0 aliphatic heterocycles. The Kier molecular flexibility index (Phi) is 5.92. The lowest BCUT2D eigenvalue weighted by Crippen LogP contribution is -2.16. The van der Waals surface area contributed by atoms with Crippen LogP contribution in [-0.2, 0) is 6.61 Å². The van der Waals surface area contributed by atoms with Crippen molar-refractivity contribution in [2.75, 3.05) is 0 Å². The Morgan fingerprint density at radius 2 is 1.74 bits per heavy atom. The smallest absolute Gasteiger partial charge is 0.307 e. The summed E-state index contributed by atoms with van der Waals surface area (Å²) in [6.45, 7) is 0.224. The maximum atomic E-state index is 12.6. The Hall–Kier alpha value is -4.98. The summed E-state index contributed by atoms with van der Waals surface area (Å²) < 4.78 is 11.6. The van der Waals surface area contributed by atoms with Crippen LogP contribution in [0.25, 0.3) is 21.7 Å². The third kappa shape index (κ3) is 4.72. The lowest BCUT2D eigenvalue weighted by atomic mass is 10.1. The SMILES string of the molecule is O=C(NN=Cc1ccccc1OCc1ccc([N+](=O)[O-])cc1)c1cc2c(ccc3ccccc32)o1. The summed E-state index contributed by atoms with van der Waals surface area (Å²) in [5.74, 6) is 0.251. The highest BCUT2D eigenvalue weighted by Gasteiger charge is 2.13. The molecule has 0 atom stereocenters. The Bertz CT molecular complexity index is 1570. The van der Waals surface area contributed by atoms with Crippen LogP contribution in [0.1, 0.15) is 21.7 Å². The summed E-state index contributed by atoms with van der Waals surface area (Å²) >= 11 is 0. The van der Waals surface area contributed by atoms with Gasteiger partial charge in [-0.1, -0.05) is 42.5 Å². The van der Waals surface area contributed by atoms with Crippen LogP contribution in [0.4, 0.5) is 5.69 Å². The number of hydrogen-bond acceptors (Lipinski definition) is 6. The van der Waals surface area contributed by atoms with E-state index in [0.717, 1.165) is 21.7 Å². The van der Waals surface area contributed by atoms with Crippen LogP contribution in [0, 0.1) is 10.1 Å². The number of carbonyl (C=O) groups is 1. The number of ether oxygens (including phenoxy) is 1. The van der Waals surface area contributed by atoms with Gasteiger partial charge in [-0.2, -0.15) is 5.10 Å². The molecule has 0 unspecified atom stereocenters. The van der Waals surface area contributed by atoms with Crippen LogP contribution in [0.2, 0.25) is 0 Å². The van der Waals surface area contributed by atoms with Crippen molar-refractivity contribution in [1.29, 1.82) is 0 Å². The highest BCUT2D eigenvalue weighted by molar-refractivity contribution is 6.08. The van der Waals surface area contributed by atoms with Gasteiger partial charge in [-0.25, -0.2) is 5.43 Å². The number of fused-ring (bicyclic) bond motifs is 3. The minimum Gasteiger partial charge on any atom is -0.488 e. The van der Waals surface area contributed by atoms with E-state index < -0.39 is 10.8 Å². The van der Waals surface area contributed by atoms with Crippen molar-refractivity contribution >= 4 is 39.6 Å². The number of hydrogen-bond donors (Lipinski definition) is 1. The normalized spacial score (nSPS) is 11.2. The topological polar surface area (TPSA) is 107 Å². The van der Waals surface area contributed by atoms with Crippen molar-refractivity contribution in [2.45, 2.75) is 6.61 Å². The number of amides is 1. The second kappa shape index (κ2) is 9.48. The highest BCUT2D eigenvalue weighted by atomic mass is 16.6. The molecule has 35 heavy (non-hydrogen) atoms. The maximum Gasteiger partial charge on any atom is 0.307 e. The van der Waals surface area contributed by atoms with Crippen LogP contribution >= 0.6 is 0 Å². The Labute approximate surface area is 199 Å². The van der Waals surface area contributed by atoms with Crippen molar-refractivity contribution in [3.05, 3.63) is 118 Å². The average Bonchev–Trinajstić information content (AvgIpc) is 3.33. The number of benzene rings is 4. The van der Waals surface area contributed by atoms with Gasteiger partial charge in [0.05, 0.1) is 11.1 Å². The average molecular weight is 465 g/mol. The zero-order valence-corrected chi connectivity index (χ0v) is 18.4. The van der Waals surface area contributed by atoms with Crippen molar-refractivity contribution in [3.8, 4) is 5.75 Å². The molecule has 5 aromatic rings. The molecule has 0 fully saturated rings. The molecule has 0 saturated carbocycles. The third-order valence-electron chi connectivity index (χ3n) is 5.48. The molecule has 1 heterocycles. The predicted octanol–water partition coefficient (Wildman–Crippen LogP) is 5.84. The summed E-state index contributed by atoms with van der Waals surface area (Å²) in [6, 6.07) is 26.8. The first-order valence-corrected chi connectivity index (χ1v) is 10.8. The number of nitro groups is 1. The molecule has 172 valence electrons. The van der Waals surface area contributed by atoms with Gasteiger partial charge in [-0.05, 0) is 52.7 Å². The van der Waals surface area contributed by atoms with Crippen molar-refractivity contribution < 1.29 is 18.9 Å². The number of para-hydroxylation sites is 1.